The number of piperazine rings is 1. The summed E-state index contributed by atoms with van der Waals surface area (Å²) >= 11 is 3.37. The number of sulfone groups is 1. The largest absolute Gasteiger partial charge is 0.345 e. The zero-order valence-corrected chi connectivity index (χ0v) is 18.6. The molecule has 4 rings (SSSR count). The van der Waals surface area contributed by atoms with Gasteiger partial charge >= 0.3 is 0 Å². The lowest BCUT2D eigenvalue weighted by Crippen LogP contribution is -2.48. The average Bonchev–Trinajstić information content (AvgIpc) is 3.17. The first kappa shape index (κ1) is 20.2. The molecule has 152 valence electrons. The third-order valence-corrected chi connectivity index (χ3v) is 7.90. The molecule has 2 aromatic carbocycles. The van der Waals surface area contributed by atoms with Gasteiger partial charge in [-0.05, 0) is 36.6 Å². The predicted octanol–water partition coefficient (Wildman–Crippen LogP) is 3.38. The van der Waals surface area contributed by atoms with Gasteiger partial charge in [0.05, 0.1) is 15.1 Å². The highest BCUT2D eigenvalue weighted by molar-refractivity contribution is 7.98. The third-order valence-electron chi connectivity index (χ3n) is 4.94. The number of thiazole rings is 1. The number of fused-ring (bicyclic) bond motifs is 1. The second-order valence-electron chi connectivity index (χ2n) is 6.88. The van der Waals surface area contributed by atoms with Crippen molar-refractivity contribution in [2.24, 2.45) is 0 Å². The molecule has 0 aliphatic carbocycles. The number of anilines is 1. The van der Waals surface area contributed by atoms with Crippen LogP contribution in [0.15, 0.2) is 52.3 Å². The molecular formula is C20H21N3O3S3. The minimum atomic E-state index is -3.34. The van der Waals surface area contributed by atoms with E-state index in [-0.39, 0.29) is 10.8 Å². The van der Waals surface area contributed by atoms with Crippen LogP contribution in [0.4, 0.5) is 5.13 Å². The van der Waals surface area contributed by atoms with E-state index < -0.39 is 9.84 Å². The first-order chi connectivity index (χ1) is 13.9. The Balaban J connectivity index is 1.48. The van der Waals surface area contributed by atoms with Gasteiger partial charge in [0.15, 0.2) is 15.0 Å². The van der Waals surface area contributed by atoms with Gasteiger partial charge in [-0.3, -0.25) is 4.79 Å². The van der Waals surface area contributed by atoms with Crippen molar-refractivity contribution in [3.05, 3.63) is 48.0 Å². The molecule has 2 heterocycles. The maximum Gasteiger partial charge on any atom is 0.254 e. The number of aromatic nitrogens is 1. The number of nitrogens with zero attached hydrogens (tertiary/aromatic N) is 3. The molecule has 1 aliphatic rings. The molecule has 3 aromatic rings. The number of carbonyl (C=O) groups excluding carboxylic acids is 1. The van der Waals surface area contributed by atoms with Crippen molar-refractivity contribution in [1.82, 2.24) is 9.88 Å². The van der Waals surface area contributed by atoms with Crippen molar-refractivity contribution in [3.8, 4) is 0 Å². The fraction of sp³-hybridized carbons (Fsp3) is 0.300. The van der Waals surface area contributed by atoms with E-state index in [0.29, 0.717) is 31.7 Å². The molecule has 0 atom stereocenters. The van der Waals surface area contributed by atoms with Crippen molar-refractivity contribution in [3.63, 3.8) is 0 Å². The maximum atomic E-state index is 12.8. The molecule has 1 saturated heterocycles. The van der Waals surface area contributed by atoms with E-state index in [1.165, 1.54) is 21.7 Å². The number of carbonyl (C=O) groups is 1. The van der Waals surface area contributed by atoms with E-state index in [9.17, 15) is 13.2 Å². The van der Waals surface area contributed by atoms with Crippen molar-refractivity contribution >= 4 is 54.2 Å². The highest BCUT2D eigenvalue weighted by Crippen LogP contribution is 2.34. The second kappa shape index (κ2) is 7.97. The molecule has 0 N–H and O–H groups in total. The summed E-state index contributed by atoms with van der Waals surface area (Å²) < 4.78 is 24.7. The van der Waals surface area contributed by atoms with E-state index in [0.717, 1.165) is 16.9 Å². The van der Waals surface area contributed by atoms with Crippen molar-refractivity contribution in [2.45, 2.75) is 9.79 Å². The minimum Gasteiger partial charge on any atom is -0.345 e. The van der Waals surface area contributed by atoms with Gasteiger partial charge < -0.3 is 9.80 Å². The third kappa shape index (κ3) is 4.12. The van der Waals surface area contributed by atoms with Gasteiger partial charge in [-0.25, -0.2) is 13.4 Å². The SMILES string of the molecule is CSc1cccc2sc(N3CCN(C(=O)c4cccc(S(C)(=O)=O)c4)CC3)nc12. The number of hydrogen-bond acceptors (Lipinski definition) is 7. The number of hydrogen-bond donors (Lipinski definition) is 0. The van der Waals surface area contributed by atoms with Gasteiger partial charge in [0.25, 0.3) is 5.91 Å². The fourth-order valence-corrected chi connectivity index (χ4v) is 5.69. The van der Waals surface area contributed by atoms with Crippen LogP contribution in [0.2, 0.25) is 0 Å². The van der Waals surface area contributed by atoms with Crippen LogP contribution in [-0.2, 0) is 9.84 Å². The van der Waals surface area contributed by atoms with Crippen LogP contribution < -0.4 is 4.90 Å². The average molecular weight is 448 g/mol. The molecule has 0 spiro atoms. The molecule has 1 amide bonds. The smallest absolute Gasteiger partial charge is 0.254 e. The van der Waals surface area contributed by atoms with Gasteiger partial charge in [0.1, 0.15) is 0 Å². The van der Waals surface area contributed by atoms with Crippen LogP contribution in [0.3, 0.4) is 0 Å². The molecule has 0 unspecified atom stereocenters. The quantitative estimate of drug-likeness (QED) is 0.571. The summed E-state index contributed by atoms with van der Waals surface area (Å²) in [6, 6.07) is 12.5. The number of benzene rings is 2. The summed E-state index contributed by atoms with van der Waals surface area (Å²) in [5.41, 5.74) is 1.45. The number of para-hydroxylation sites is 1. The molecule has 0 bridgehead atoms. The Morgan fingerprint density at radius 1 is 1.10 bits per heavy atom. The molecule has 0 radical (unpaired) electrons. The first-order valence-corrected chi connectivity index (χ1v) is 13.1. The van der Waals surface area contributed by atoms with Gasteiger partial charge in [-0.15, -0.1) is 11.8 Å². The summed E-state index contributed by atoms with van der Waals surface area (Å²) in [6.07, 6.45) is 3.20. The van der Waals surface area contributed by atoms with E-state index in [4.69, 9.17) is 4.98 Å². The molecule has 9 heteroatoms. The van der Waals surface area contributed by atoms with E-state index in [2.05, 4.69) is 29.4 Å². The summed E-state index contributed by atoms with van der Waals surface area (Å²) in [5, 5.41) is 0.979. The van der Waals surface area contributed by atoms with E-state index >= 15 is 0 Å². The topological polar surface area (TPSA) is 70.6 Å². The molecule has 29 heavy (non-hydrogen) atoms. The van der Waals surface area contributed by atoms with Crippen LogP contribution in [0.5, 0.6) is 0 Å². The Bertz CT molecular complexity index is 1170. The Morgan fingerprint density at radius 2 is 1.83 bits per heavy atom. The van der Waals surface area contributed by atoms with Gasteiger partial charge in [-0.2, -0.15) is 0 Å². The number of amides is 1. The summed E-state index contributed by atoms with van der Waals surface area (Å²) in [4.78, 5) is 23.0. The highest BCUT2D eigenvalue weighted by Gasteiger charge is 2.25. The monoisotopic (exact) mass is 447 g/mol. The van der Waals surface area contributed by atoms with Crippen LogP contribution in [0.25, 0.3) is 10.2 Å². The summed E-state index contributed by atoms with van der Waals surface area (Å²) in [7, 11) is -3.34. The molecule has 1 aromatic heterocycles. The lowest BCUT2D eigenvalue weighted by Gasteiger charge is -2.34. The lowest BCUT2D eigenvalue weighted by atomic mass is 10.2. The number of rotatable bonds is 4. The van der Waals surface area contributed by atoms with E-state index in [1.807, 2.05) is 0 Å². The fourth-order valence-electron chi connectivity index (χ4n) is 3.35. The summed E-state index contributed by atoms with van der Waals surface area (Å²) in [6.45, 7) is 2.55. The van der Waals surface area contributed by atoms with Gasteiger partial charge in [0.2, 0.25) is 0 Å². The highest BCUT2D eigenvalue weighted by atomic mass is 32.2. The first-order valence-electron chi connectivity index (χ1n) is 9.15. The normalized spacial score (nSPS) is 15.1. The van der Waals surface area contributed by atoms with Crippen molar-refractivity contribution in [2.75, 3.05) is 43.6 Å². The van der Waals surface area contributed by atoms with Crippen LogP contribution >= 0.6 is 23.1 Å². The Hall–Kier alpha value is -2.10. The number of thioether (sulfide) groups is 1. The minimum absolute atomic E-state index is 0.135. The maximum absolute atomic E-state index is 12.8. The standard InChI is InChI=1S/C20H21N3O3S3/c1-27-16-7-4-8-17-18(16)21-20(28-17)23-11-9-22(10-12-23)19(24)14-5-3-6-15(13-14)29(2,25)26/h3-8,13H,9-12H2,1-2H3. The second-order valence-corrected chi connectivity index (χ2v) is 10.8. The summed E-state index contributed by atoms with van der Waals surface area (Å²) in [5.74, 6) is -0.135. The van der Waals surface area contributed by atoms with Crippen LogP contribution in [0, 0.1) is 0 Å². The van der Waals surface area contributed by atoms with Crippen LogP contribution in [0.1, 0.15) is 10.4 Å². The van der Waals surface area contributed by atoms with Gasteiger partial charge in [-0.1, -0.05) is 23.5 Å². The van der Waals surface area contributed by atoms with Crippen molar-refractivity contribution in [1.29, 1.82) is 0 Å². The molecule has 1 aliphatic heterocycles. The Morgan fingerprint density at radius 3 is 2.52 bits per heavy atom. The molecule has 0 saturated carbocycles. The van der Waals surface area contributed by atoms with E-state index in [1.54, 1.807) is 40.1 Å². The zero-order valence-electron chi connectivity index (χ0n) is 16.2. The predicted molar refractivity (Wildman–Crippen MR) is 119 cm³/mol. The zero-order chi connectivity index (χ0) is 20.6. The van der Waals surface area contributed by atoms with Crippen molar-refractivity contribution < 1.29 is 13.2 Å². The molecule has 6 nitrogen and oxygen atoms in total. The molecule has 1 fully saturated rings. The lowest BCUT2D eigenvalue weighted by molar-refractivity contribution is 0.0746. The Labute approximate surface area is 178 Å². The molecular weight excluding hydrogens is 426 g/mol. The Kier molecular flexibility index (Phi) is 5.54. The van der Waals surface area contributed by atoms with Gasteiger partial charge in [0, 0.05) is 42.9 Å². The van der Waals surface area contributed by atoms with Crippen LogP contribution in [-0.4, -0.2) is 62.9 Å².